The SMILES string of the molecule is C=CCN(C(=O)O)[C@]12CCC(C)(C)C[C@H]1[C@H]1C(=O)C=C3[C@@]4(C)C=C(C#N)C(=O)C(C)(C)[C@@H]4CC[C@@]3(C)[C@]1(C)CC2. The summed E-state index contributed by atoms with van der Waals surface area (Å²) in [6, 6.07) is 2.17. The van der Waals surface area contributed by atoms with Crippen LogP contribution in [0, 0.1) is 56.2 Å². The van der Waals surface area contributed by atoms with Gasteiger partial charge in [-0.05, 0) is 79.1 Å². The van der Waals surface area contributed by atoms with Crippen molar-refractivity contribution in [3.8, 4) is 6.07 Å². The molecule has 5 aliphatic rings. The predicted molar refractivity (Wildman–Crippen MR) is 154 cm³/mol. The molecule has 3 saturated carbocycles. The Hall–Kier alpha value is -2.68. The summed E-state index contributed by atoms with van der Waals surface area (Å²) in [4.78, 5) is 42.1. The van der Waals surface area contributed by atoms with E-state index in [1.54, 1.807) is 11.0 Å². The molecule has 5 rings (SSSR count). The molecule has 216 valence electrons. The number of hydrogen-bond acceptors (Lipinski definition) is 4. The molecule has 0 aliphatic heterocycles. The fourth-order valence-electron chi connectivity index (χ4n) is 10.7. The highest BCUT2D eigenvalue weighted by atomic mass is 16.4. The summed E-state index contributed by atoms with van der Waals surface area (Å²) >= 11 is 0. The van der Waals surface area contributed by atoms with Crippen LogP contribution in [0.2, 0.25) is 0 Å². The van der Waals surface area contributed by atoms with Crippen molar-refractivity contribution in [2.45, 2.75) is 99.0 Å². The molecule has 0 bridgehead atoms. The number of nitriles is 1. The highest BCUT2D eigenvalue weighted by Crippen LogP contribution is 2.73. The minimum atomic E-state index is -0.935. The maximum Gasteiger partial charge on any atom is 0.408 e. The molecule has 7 atom stereocenters. The van der Waals surface area contributed by atoms with Gasteiger partial charge in [-0.25, -0.2) is 4.79 Å². The quantitative estimate of drug-likeness (QED) is 0.380. The molecule has 6 heteroatoms. The van der Waals surface area contributed by atoms with Crippen molar-refractivity contribution in [2.24, 2.45) is 44.8 Å². The van der Waals surface area contributed by atoms with Gasteiger partial charge in [-0.1, -0.05) is 66.2 Å². The molecule has 6 nitrogen and oxygen atoms in total. The Balaban J connectivity index is 1.71. The monoisotopic (exact) mass is 546 g/mol. The molecule has 0 aromatic carbocycles. The van der Waals surface area contributed by atoms with Crippen LogP contribution in [0.1, 0.15) is 93.4 Å². The standard InChI is InChI=1S/C34H46N2O4/c1-9-16-36(28(39)40)34-14-12-29(2,3)19-22(34)26-23(37)17-25-31(6)18-21(20-35)27(38)30(4,5)24(31)10-11-32(25,7)33(26,8)13-15-34/h9,17-18,22,24,26H,1,10-16,19H2,2-8H3,(H,39,40)/t22-,24-,26-,31-,32+,33+,34-/m0/s1. The van der Waals surface area contributed by atoms with Crippen LogP contribution < -0.4 is 0 Å². The zero-order valence-electron chi connectivity index (χ0n) is 25.4. The van der Waals surface area contributed by atoms with Gasteiger partial charge in [-0.3, -0.25) is 14.5 Å². The number of carboxylic acid groups (broad SMARTS) is 1. The van der Waals surface area contributed by atoms with E-state index in [-0.39, 0.29) is 57.7 Å². The lowest BCUT2D eigenvalue weighted by molar-refractivity contribution is -0.173. The lowest BCUT2D eigenvalue weighted by Crippen LogP contribution is -2.70. The first kappa shape index (κ1) is 28.8. The average molecular weight is 547 g/mol. The van der Waals surface area contributed by atoms with E-state index in [1.165, 1.54) is 0 Å². The molecular formula is C34H46N2O4. The second-order valence-corrected chi connectivity index (χ2v) is 15.5. The van der Waals surface area contributed by atoms with E-state index in [9.17, 15) is 24.8 Å². The molecule has 40 heavy (non-hydrogen) atoms. The third-order valence-corrected chi connectivity index (χ3v) is 12.9. The molecule has 0 unspecified atom stereocenters. The smallest absolute Gasteiger partial charge is 0.408 e. The fourth-order valence-corrected chi connectivity index (χ4v) is 10.7. The van der Waals surface area contributed by atoms with Gasteiger partial charge in [0, 0.05) is 23.3 Å². The van der Waals surface area contributed by atoms with Gasteiger partial charge < -0.3 is 5.11 Å². The Labute approximate surface area is 239 Å². The maximum absolute atomic E-state index is 14.6. The van der Waals surface area contributed by atoms with Gasteiger partial charge >= 0.3 is 6.09 Å². The van der Waals surface area contributed by atoms with E-state index >= 15 is 0 Å². The van der Waals surface area contributed by atoms with Crippen LogP contribution in [0.5, 0.6) is 0 Å². The summed E-state index contributed by atoms with van der Waals surface area (Å²) in [6.07, 6.45) is 10.2. The minimum absolute atomic E-state index is 0.00302. The van der Waals surface area contributed by atoms with Gasteiger partial charge in [0.25, 0.3) is 0 Å². The van der Waals surface area contributed by atoms with Crippen LogP contribution in [-0.2, 0) is 9.59 Å². The molecule has 0 radical (unpaired) electrons. The zero-order chi connectivity index (χ0) is 29.7. The number of carbonyl (C=O) groups is 3. The number of carbonyl (C=O) groups excluding carboxylic acids is 2. The Morgan fingerprint density at radius 3 is 2.35 bits per heavy atom. The summed E-state index contributed by atoms with van der Waals surface area (Å²) in [7, 11) is 0. The second-order valence-electron chi connectivity index (χ2n) is 15.5. The van der Waals surface area contributed by atoms with Gasteiger partial charge in [0.15, 0.2) is 11.6 Å². The van der Waals surface area contributed by atoms with Gasteiger partial charge in [0.05, 0.1) is 11.1 Å². The third-order valence-electron chi connectivity index (χ3n) is 12.9. The summed E-state index contributed by atoms with van der Waals surface area (Å²) in [5.74, 6) is -0.388. The second kappa shape index (κ2) is 8.66. The normalized spacial score (nSPS) is 43.0. The first-order valence-electron chi connectivity index (χ1n) is 15.0. The average Bonchev–Trinajstić information content (AvgIpc) is 2.86. The topological polar surface area (TPSA) is 98.5 Å². The van der Waals surface area contributed by atoms with Crippen molar-refractivity contribution >= 4 is 17.7 Å². The Kier molecular flexibility index (Phi) is 6.24. The summed E-state index contributed by atoms with van der Waals surface area (Å²) < 4.78 is 0. The van der Waals surface area contributed by atoms with Gasteiger partial charge in [0.2, 0.25) is 0 Å². The molecule has 0 spiro atoms. The molecule has 0 aromatic rings. The van der Waals surface area contributed by atoms with Gasteiger partial charge in [-0.2, -0.15) is 5.26 Å². The Bertz CT molecular complexity index is 1300. The molecule has 0 heterocycles. The van der Waals surface area contributed by atoms with Crippen molar-refractivity contribution in [2.75, 3.05) is 6.54 Å². The molecular weight excluding hydrogens is 500 g/mol. The third kappa shape index (κ3) is 3.48. The number of rotatable bonds is 3. The molecule has 3 fully saturated rings. The molecule has 0 aromatic heterocycles. The molecule has 0 saturated heterocycles. The summed E-state index contributed by atoms with van der Waals surface area (Å²) in [6.45, 7) is 19.3. The minimum Gasteiger partial charge on any atom is -0.465 e. The van der Waals surface area contributed by atoms with E-state index in [2.05, 4.69) is 47.3 Å². The predicted octanol–water partition coefficient (Wildman–Crippen LogP) is 7.12. The van der Waals surface area contributed by atoms with Crippen LogP contribution in [0.3, 0.4) is 0 Å². The highest BCUT2D eigenvalue weighted by molar-refractivity contribution is 6.04. The molecule has 1 N–H and O–H groups in total. The first-order chi connectivity index (χ1) is 18.4. The van der Waals surface area contributed by atoms with Crippen molar-refractivity contribution < 1.29 is 19.5 Å². The van der Waals surface area contributed by atoms with E-state index in [0.717, 1.165) is 50.5 Å². The van der Waals surface area contributed by atoms with E-state index < -0.39 is 22.5 Å². The van der Waals surface area contributed by atoms with Crippen LogP contribution in [0.15, 0.2) is 36.0 Å². The molecule has 1 amide bonds. The van der Waals surface area contributed by atoms with Crippen LogP contribution >= 0.6 is 0 Å². The van der Waals surface area contributed by atoms with Gasteiger partial charge in [-0.15, -0.1) is 6.58 Å². The number of amides is 1. The number of allylic oxidation sites excluding steroid dienone is 4. The maximum atomic E-state index is 14.6. The van der Waals surface area contributed by atoms with Crippen molar-refractivity contribution in [3.05, 3.63) is 36.0 Å². The van der Waals surface area contributed by atoms with Gasteiger partial charge in [0.1, 0.15) is 6.07 Å². The van der Waals surface area contributed by atoms with Crippen LogP contribution in [0.4, 0.5) is 4.79 Å². The van der Waals surface area contributed by atoms with Crippen LogP contribution in [0.25, 0.3) is 0 Å². The highest BCUT2D eigenvalue weighted by Gasteiger charge is 2.70. The lowest BCUT2D eigenvalue weighted by Gasteiger charge is -2.70. The fraction of sp³-hybridized carbons (Fsp3) is 0.706. The van der Waals surface area contributed by atoms with Crippen molar-refractivity contribution in [3.63, 3.8) is 0 Å². The molecule has 5 aliphatic carbocycles. The number of hydrogen-bond donors (Lipinski definition) is 1. The number of nitrogens with zero attached hydrogens (tertiary/aromatic N) is 2. The number of ketones is 2. The van der Waals surface area contributed by atoms with Crippen LogP contribution in [-0.4, -0.2) is 39.7 Å². The Morgan fingerprint density at radius 2 is 1.75 bits per heavy atom. The van der Waals surface area contributed by atoms with E-state index in [0.29, 0.717) is 0 Å². The number of Topliss-reactive ketones (excluding diaryl/α,β-unsaturated/α-hetero) is 1. The lowest BCUT2D eigenvalue weighted by atomic mass is 9.35. The summed E-state index contributed by atoms with van der Waals surface area (Å²) in [5.41, 5.74) is -1.26. The largest absolute Gasteiger partial charge is 0.465 e. The van der Waals surface area contributed by atoms with Crippen molar-refractivity contribution in [1.82, 2.24) is 4.90 Å². The first-order valence-corrected chi connectivity index (χ1v) is 15.0. The van der Waals surface area contributed by atoms with E-state index in [1.807, 2.05) is 26.0 Å². The van der Waals surface area contributed by atoms with Crippen molar-refractivity contribution in [1.29, 1.82) is 5.26 Å². The Morgan fingerprint density at radius 1 is 1.10 bits per heavy atom. The number of fused-ring (bicyclic) bond motifs is 7. The zero-order valence-corrected chi connectivity index (χ0v) is 25.4. The van der Waals surface area contributed by atoms with E-state index in [4.69, 9.17) is 0 Å². The summed E-state index contributed by atoms with van der Waals surface area (Å²) in [5, 5.41) is 20.3.